The number of carboxylic acids is 1. The van der Waals surface area contributed by atoms with Crippen LogP contribution in [0.25, 0.3) is 0 Å². The van der Waals surface area contributed by atoms with Gasteiger partial charge in [-0.2, -0.15) is 0 Å². The van der Waals surface area contributed by atoms with Crippen molar-refractivity contribution in [1.82, 2.24) is 0 Å². The number of anilines is 1. The fourth-order valence-electron chi connectivity index (χ4n) is 2.07. The van der Waals surface area contributed by atoms with E-state index >= 15 is 0 Å². The first-order chi connectivity index (χ1) is 9.22. The molecule has 0 saturated heterocycles. The van der Waals surface area contributed by atoms with Crippen LogP contribution >= 0.6 is 0 Å². The molecule has 1 aromatic rings. The van der Waals surface area contributed by atoms with Crippen molar-refractivity contribution in [3.05, 3.63) is 29.8 Å². The SMILES string of the molecule is CCCc1ccc(NCCCCCCC(=O)O)cc1. The highest BCUT2D eigenvalue weighted by molar-refractivity contribution is 5.66. The molecule has 19 heavy (non-hydrogen) atoms. The molecule has 0 aromatic heterocycles. The van der Waals surface area contributed by atoms with Gasteiger partial charge in [0.1, 0.15) is 0 Å². The zero-order valence-corrected chi connectivity index (χ0v) is 11.8. The third-order valence-electron chi connectivity index (χ3n) is 3.14. The monoisotopic (exact) mass is 263 g/mol. The maximum atomic E-state index is 10.3. The lowest BCUT2D eigenvalue weighted by Gasteiger charge is -2.07. The minimum Gasteiger partial charge on any atom is -0.481 e. The van der Waals surface area contributed by atoms with Gasteiger partial charge in [-0.1, -0.05) is 38.3 Å². The van der Waals surface area contributed by atoms with Gasteiger partial charge in [-0.25, -0.2) is 0 Å². The molecular weight excluding hydrogens is 238 g/mol. The van der Waals surface area contributed by atoms with E-state index in [0.717, 1.165) is 38.6 Å². The standard InChI is InChI=1S/C16H25NO2/c1-2-7-14-9-11-15(12-10-14)17-13-6-4-3-5-8-16(18)19/h9-12,17H,2-8,13H2,1H3,(H,18,19). The van der Waals surface area contributed by atoms with Crippen LogP contribution < -0.4 is 5.32 Å². The third-order valence-corrected chi connectivity index (χ3v) is 3.14. The Kier molecular flexibility index (Phi) is 7.71. The van der Waals surface area contributed by atoms with Gasteiger partial charge in [0.2, 0.25) is 0 Å². The number of benzene rings is 1. The first-order valence-corrected chi connectivity index (χ1v) is 7.27. The topological polar surface area (TPSA) is 49.3 Å². The average Bonchev–Trinajstić information content (AvgIpc) is 2.39. The lowest BCUT2D eigenvalue weighted by atomic mass is 10.1. The molecule has 2 N–H and O–H groups in total. The summed E-state index contributed by atoms with van der Waals surface area (Å²) in [5.41, 5.74) is 2.56. The number of unbranched alkanes of at least 4 members (excludes halogenated alkanes) is 3. The van der Waals surface area contributed by atoms with Crippen LogP contribution in [0.5, 0.6) is 0 Å². The molecule has 0 aliphatic heterocycles. The van der Waals surface area contributed by atoms with Crippen LogP contribution in [0, 0.1) is 0 Å². The van der Waals surface area contributed by atoms with Gasteiger partial charge in [-0.3, -0.25) is 4.79 Å². The van der Waals surface area contributed by atoms with Crippen molar-refractivity contribution in [3.8, 4) is 0 Å². The van der Waals surface area contributed by atoms with E-state index in [2.05, 4.69) is 36.5 Å². The van der Waals surface area contributed by atoms with Crippen LogP contribution in [0.15, 0.2) is 24.3 Å². The smallest absolute Gasteiger partial charge is 0.303 e. The van der Waals surface area contributed by atoms with E-state index in [4.69, 9.17) is 5.11 Å². The van der Waals surface area contributed by atoms with Gasteiger partial charge in [0.05, 0.1) is 0 Å². The molecule has 0 bridgehead atoms. The van der Waals surface area contributed by atoms with Crippen LogP contribution in [0.4, 0.5) is 5.69 Å². The summed E-state index contributed by atoms with van der Waals surface area (Å²) >= 11 is 0. The van der Waals surface area contributed by atoms with E-state index in [0.29, 0.717) is 6.42 Å². The second-order valence-electron chi connectivity index (χ2n) is 4.93. The van der Waals surface area contributed by atoms with Crippen molar-refractivity contribution in [2.75, 3.05) is 11.9 Å². The summed E-state index contributed by atoms with van der Waals surface area (Å²) in [6.45, 7) is 3.15. The van der Waals surface area contributed by atoms with Gasteiger partial charge >= 0.3 is 5.97 Å². The number of carboxylic acid groups (broad SMARTS) is 1. The predicted molar refractivity (Wildman–Crippen MR) is 79.6 cm³/mol. The lowest BCUT2D eigenvalue weighted by Crippen LogP contribution is -2.01. The Labute approximate surface area is 116 Å². The first kappa shape index (κ1) is 15.5. The number of carbonyl (C=O) groups is 1. The van der Waals surface area contributed by atoms with Gasteiger partial charge in [0.15, 0.2) is 0 Å². The summed E-state index contributed by atoms with van der Waals surface area (Å²) in [6.07, 6.45) is 6.61. The molecule has 3 nitrogen and oxygen atoms in total. The molecule has 0 radical (unpaired) electrons. The summed E-state index contributed by atoms with van der Waals surface area (Å²) in [5, 5.41) is 11.9. The number of nitrogens with one attached hydrogen (secondary N) is 1. The number of rotatable bonds is 10. The van der Waals surface area contributed by atoms with E-state index in [-0.39, 0.29) is 0 Å². The van der Waals surface area contributed by atoms with Crippen molar-refractivity contribution < 1.29 is 9.90 Å². The second-order valence-corrected chi connectivity index (χ2v) is 4.93. The van der Waals surface area contributed by atoms with Gasteiger partial charge in [0.25, 0.3) is 0 Å². The zero-order valence-electron chi connectivity index (χ0n) is 11.8. The number of hydrogen-bond donors (Lipinski definition) is 2. The Hall–Kier alpha value is -1.51. The van der Waals surface area contributed by atoms with E-state index < -0.39 is 5.97 Å². The zero-order chi connectivity index (χ0) is 13.9. The molecule has 0 saturated carbocycles. The highest BCUT2D eigenvalue weighted by Crippen LogP contribution is 2.11. The van der Waals surface area contributed by atoms with Crippen LogP contribution in [-0.4, -0.2) is 17.6 Å². The molecule has 0 amide bonds. The van der Waals surface area contributed by atoms with Crippen molar-refractivity contribution in [2.24, 2.45) is 0 Å². The fraction of sp³-hybridized carbons (Fsp3) is 0.562. The molecule has 1 aromatic carbocycles. The van der Waals surface area contributed by atoms with Gasteiger partial charge < -0.3 is 10.4 Å². The van der Waals surface area contributed by atoms with E-state index in [9.17, 15) is 4.79 Å². The Bertz CT molecular complexity index is 360. The molecule has 0 fully saturated rings. The van der Waals surface area contributed by atoms with E-state index in [1.165, 1.54) is 17.7 Å². The summed E-state index contributed by atoms with van der Waals surface area (Å²) in [7, 11) is 0. The molecule has 3 heteroatoms. The molecule has 0 heterocycles. The van der Waals surface area contributed by atoms with Crippen molar-refractivity contribution in [3.63, 3.8) is 0 Å². The number of hydrogen-bond acceptors (Lipinski definition) is 2. The maximum absolute atomic E-state index is 10.3. The Balaban J connectivity index is 2.07. The normalized spacial score (nSPS) is 10.4. The minimum atomic E-state index is -0.690. The van der Waals surface area contributed by atoms with Gasteiger partial charge in [-0.05, 0) is 37.0 Å². The molecule has 0 aliphatic carbocycles. The van der Waals surface area contributed by atoms with Crippen LogP contribution in [-0.2, 0) is 11.2 Å². The third kappa shape index (κ3) is 7.50. The summed E-state index contributed by atoms with van der Waals surface area (Å²) in [5.74, 6) is -0.690. The maximum Gasteiger partial charge on any atom is 0.303 e. The molecule has 1 rings (SSSR count). The summed E-state index contributed by atoms with van der Waals surface area (Å²) in [4.78, 5) is 10.3. The number of aryl methyl sites for hydroxylation is 1. The summed E-state index contributed by atoms with van der Waals surface area (Å²) in [6, 6.07) is 8.63. The van der Waals surface area contributed by atoms with Crippen LogP contribution in [0.2, 0.25) is 0 Å². The van der Waals surface area contributed by atoms with Crippen molar-refractivity contribution >= 4 is 11.7 Å². The largest absolute Gasteiger partial charge is 0.481 e. The molecule has 0 atom stereocenters. The first-order valence-electron chi connectivity index (χ1n) is 7.27. The molecule has 0 aliphatic rings. The van der Waals surface area contributed by atoms with E-state index in [1.54, 1.807) is 0 Å². The fourth-order valence-corrected chi connectivity index (χ4v) is 2.07. The van der Waals surface area contributed by atoms with Crippen molar-refractivity contribution in [2.45, 2.75) is 51.9 Å². The molecule has 0 spiro atoms. The predicted octanol–water partition coefficient (Wildman–Crippen LogP) is 4.09. The average molecular weight is 263 g/mol. The minimum absolute atomic E-state index is 0.298. The highest BCUT2D eigenvalue weighted by atomic mass is 16.4. The molecule has 0 unspecified atom stereocenters. The second kappa shape index (κ2) is 9.42. The van der Waals surface area contributed by atoms with Gasteiger partial charge in [-0.15, -0.1) is 0 Å². The van der Waals surface area contributed by atoms with Crippen LogP contribution in [0.3, 0.4) is 0 Å². The lowest BCUT2D eigenvalue weighted by molar-refractivity contribution is -0.137. The Morgan fingerprint density at radius 2 is 1.79 bits per heavy atom. The number of aliphatic carboxylic acids is 1. The summed E-state index contributed by atoms with van der Waals surface area (Å²) < 4.78 is 0. The highest BCUT2D eigenvalue weighted by Gasteiger charge is 1.97. The molecular formula is C16H25NO2. The molecule has 106 valence electrons. The van der Waals surface area contributed by atoms with Crippen molar-refractivity contribution in [1.29, 1.82) is 0 Å². The van der Waals surface area contributed by atoms with Crippen LogP contribution in [0.1, 0.15) is 51.0 Å². The van der Waals surface area contributed by atoms with Gasteiger partial charge in [0, 0.05) is 18.7 Å². The van der Waals surface area contributed by atoms with E-state index in [1.807, 2.05) is 0 Å². The Morgan fingerprint density at radius 1 is 1.11 bits per heavy atom. The quantitative estimate of drug-likeness (QED) is 0.625. The Morgan fingerprint density at radius 3 is 2.42 bits per heavy atom.